The van der Waals surface area contributed by atoms with E-state index in [1.807, 2.05) is 87.5 Å². The van der Waals surface area contributed by atoms with Gasteiger partial charge in [-0.05, 0) is 79.8 Å². The van der Waals surface area contributed by atoms with Crippen molar-refractivity contribution in [1.29, 1.82) is 0 Å². The first kappa shape index (κ1) is 27.4. The summed E-state index contributed by atoms with van der Waals surface area (Å²) in [5, 5.41) is 5.67. The average Bonchev–Trinajstić information content (AvgIpc) is 2.91. The molecule has 2 N–H and O–H groups in total. The van der Waals surface area contributed by atoms with Crippen LogP contribution in [0.25, 0.3) is 11.1 Å². The van der Waals surface area contributed by atoms with Crippen LogP contribution in [0.1, 0.15) is 37.0 Å². The van der Waals surface area contributed by atoms with Crippen molar-refractivity contribution in [2.24, 2.45) is 0 Å². The average molecular weight is 524 g/mol. The largest absolute Gasteiger partial charge is 0.463 e. The predicted molar refractivity (Wildman–Crippen MR) is 155 cm³/mol. The number of esters is 1. The molecule has 200 valence electrons. The summed E-state index contributed by atoms with van der Waals surface area (Å²) in [6.45, 7) is 6.04. The van der Waals surface area contributed by atoms with Gasteiger partial charge < -0.3 is 19.9 Å². The highest BCUT2D eigenvalue weighted by atomic mass is 16.5. The van der Waals surface area contributed by atoms with Gasteiger partial charge in [-0.3, -0.25) is 9.59 Å². The molecule has 0 atom stereocenters. The van der Waals surface area contributed by atoms with Crippen molar-refractivity contribution < 1.29 is 14.3 Å². The Labute approximate surface area is 228 Å². The van der Waals surface area contributed by atoms with Crippen molar-refractivity contribution in [3.63, 3.8) is 0 Å². The summed E-state index contributed by atoms with van der Waals surface area (Å²) in [6.07, 6.45) is 2.61. The van der Waals surface area contributed by atoms with Gasteiger partial charge in [0, 0.05) is 29.6 Å². The molecule has 0 fully saturated rings. The number of nitrogens with zero attached hydrogens (tertiary/aromatic N) is 1. The second kappa shape index (κ2) is 12.7. The zero-order valence-electron chi connectivity index (χ0n) is 22.4. The molecule has 0 radical (unpaired) electrons. The molecular weight excluding hydrogens is 490 g/mol. The molecule has 0 aliphatic rings. The summed E-state index contributed by atoms with van der Waals surface area (Å²) in [5.74, 6) is -0.202. The number of hydrogen-bond donors (Lipinski definition) is 2. The fourth-order valence-corrected chi connectivity index (χ4v) is 4.19. The summed E-state index contributed by atoms with van der Waals surface area (Å²) in [4.78, 5) is 37.4. The maximum absolute atomic E-state index is 13.2. The maximum Gasteiger partial charge on any atom is 0.323 e. The number of pyridine rings is 1. The number of rotatable bonds is 9. The van der Waals surface area contributed by atoms with Crippen LogP contribution >= 0.6 is 0 Å². The van der Waals surface area contributed by atoms with Crippen LogP contribution in [-0.4, -0.2) is 22.7 Å². The van der Waals surface area contributed by atoms with Crippen LogP contribution in [-0.2, 0) is 22.5 Å². The third-order valence-electron chi connectivity index (χ3n) is 6.23. The number of amides is 2. The van der Waals surface area contributed by atoms with Gasteiger partial charge in [-0.25, -0.2) is 4.79 Å². The molecule has 1 heterocycles. The Hall–Kier alpha value is -4.65. The van der Waals surface area contributed by atoms with Crippen LogP contribution in [0, 0.1) is 6.92 Å². The summed E-state index contributed by atoms with van der Waals surface area (Å²) < 4.78 is 6.86. The number of aromatic nitrogens is 1. The van der Waals surface area contributed by atoms with Gasteiger partial charge in [0.15, 0.2) is 0 Å². The van der Waals surface area contributed by atoms with Crippen LogP contribution < -0.4 is 16.2 Å². The van der Waals surface area contributed by atoms with Crippen molar-refractivity contribution in [3.05, 3.63) is 118 Å². The van der Waals surface area contributed by atoms with E-state index in [1.54, 1.807) is 29.0 Å². The van der Waals surface area contributed by atoms with E-state index < -0.39 is 0 Å². The van der Waals surface area contributed by atoms with E-state index >= 15 is 0 Å². The molecule has 0 spiro atoms. The van der Waals surface area contributed by atoms with Crippen molar-refractivity contribution in [1.82, 2.24) is 4.57 Å². The monoisotopic (exact) mass is 523 g/mol. The molecule has 0 aliphatic heterocycles. The molecule has 0 saturated heterocycles. The third-order valence-corrected chi connectivity index (χ3v) is 6.23. The lowest BCUT2D eigenvalue weighted by molar-refractivity contribution is -0.147. The van der Waals surface area contributed by atoms with E-state index in [0.717, 1.165) is 27.9 Å². The van der Waals surface area contributed by atoms with Gasteiger partial charge in [-0.1, -0.05) is 54.6 Å². The van der Waals surface area contributed by atoms with Gasteiger partial charge in [0.25, 0.3) is 5.56 Å². The normalized spacial score (nSPS) is 10.8. The number of para-hydroxylation sites is 1. The number of nitrogens with one attached hydrogen (secondary N) is 2. The molecule has 3 aromatic carbocycles. The summed E-state index contributed by atoms with van der Waals surface area (Å²) in [5.41, 5.74) is 5.62. The lowest BCUT2D eigenvalue weighted by atomic mass is 10.1. The quantitative estimate of drug-likeness (QED) is 0.249. The van der Waals surface area contributed by atoms with Gasteiger partial charge >= 0.3 is 12.0 Å². The summed E-state index contributed by atoms with van der Waals surface area (Å²) >= 11 is 0. The minimum Gasteiger partial charge on any atom is -0.463 e. The molecule has 2 amide bonds. The van der Waals surface area contributed by atoms with Crippen LogP contribution in [0.4, 0.5) is 16.2 Å². The summed E-state index contributed by atoms with van der Waals surface area (Å²) in [6, 6.07) is 26.0. The molecule has 7 nitrogen and oxygen atoms in total. The number of anilines is 2. The zero-order valence-corrected chi connectivity index (χ0v) is 22.4. The van der Waals surface area contributed by atoms with E-state index in [2.05, 4.69) is 10.6 Å². The molecule has 39 heavy (non-hydrogen) atoms. The molecule has 4 aromatic rings. The fraction of sp³-hybridized carbons (Fsp3) is 0.219. The highest BCUT2D eigenvalue weighted by Crippen LogP contribution is 2.20. The van der Waals surface area contributed by atoms with Crippen LogP contribution in [0.3, 0.4) is 0 Å². The summed E-state index contributed by atoms with van der Waals surface area (Å²) in [7, 11) is 0. The first-order valence-corrected chi connectivity index (χ1v) is 13.0. The van der Waals surface area contributed by atoms with Gasteiger partial charge in [-0.2, -0.15) is 0 Å². The highest BCUT2D eigenvalue weighted by molar-refractivity contribution is 6.00. The molecule has 0 saturated carbocycles. The topological polar surface area (TPSA) is 89.4 Å². The molecule has 1 aromatic heterocycles. The number of carbonyl (C=O) groups excluding carboxylic acids is 2. The van der Waals surface area contributed by atoms with Crippen molar-refractivity contribution in [2.45, 2.75) is 46.3 Å². The second-order valence-electron chi connectivity index (χ2n) is 9.68. The molecule has 0 aliphatic carbocycles. The van der Waals surface area contributed by atoms with Crippen molar-refractivity contribution in [3.8, 4) is 11.1 Å². The minimum absolute atomic E-state index is 0.101. The first-order valence-electron chi connectivity index (χ1n) is 13.0. The Balaban J connectivity index is 1.38. The van der Waals surface area contributed by atoms with Gasteiger partial charge in [0.05, 0.1) is 12.6 Å². The Morgan fingerprint density at radius 1 is 0.846 bits per heavy atom. The molecular formula is C32H33N3O4. The Morgan fingerprint density at radius 3 is 2.23 bits per heavy atom. The lowest BCUT2D eigenvalue weighted by Gasteiger charge is -2.11. The third kappa shape index (κ3) is 7.68. The number of ether oxygens (including phenoxy) is 1. The van der Waals surface area contributed by atoms with E-state index in [9.17, 15) is 14.4 Å². The number of benzene rings is 3. The van der Waals surface area contributed by atoms with Crippen LogP contribution in [0.5, 0.6) is 0 Å². The Bertz CT molecular complexity index is 1490. The maximum atomic E-state index is 13.2. The van der Waals surface area contributed by atoms with E-state index in [0.29, 0.717) is 30.6 Å². The number of aryl methyl sites for hydroxylation is 2. The number of hydrogen-bond acceptors (Lipinski definition) is 4. The van der Waals surface area contributed by atoms with Crippen molar-refractivity contribution in [2.75, 3.05) is 10.6 Å². The number of carbonyl (C=O) groups is 2. The smallest absolute Gasteiger partial charge is 0.323 e. The van der Waals surface area contributed by atoms with E-state index in [1.165, 1.54) is 0 Å². The van der Waals surface area contributed by atoms with Gasteiger partial charge in [0.2, 0.25) is 0 Å². The SMILES string of the molecule is Cc1ccccc1NC(=O)Nc1ccc(-c2cccn(Cc3ccc(CCC(=O)OC(C)C)cc3)c2=O)cc1. The lowest BCUT2D eigenvalue weighted by Crippen LogP contribution is -2.21. The molecule has 7 heteroatoms. The van der Waals surface area contributed by atoms with Crippen LogP contribution in [0.15, 0.2) is 95.9 Å². The van der Waals surface area contributed by atoms with E-state index in [-0.39, 0.29) is 23.7 Å². The first-order chi connectivity index (χ1) is 18.8. The van der Waals surface area contributed by atoms with Gasteiger partial charge in [0.1, 0.15) is 0 Å². The Kier molecular flexibility index (Phi) is 8.94. The second-order valence-corrected chi connectivity index (χ2v) is 9.68. The predicted octanol–water partition coefficient (Wildman–Crippen LogP) is 6.40. The van der Waals surface area contributed by atoms with Crippen LogP contribution in [0.2, 0.25) is 0 Å². The van der Waals surface area contributed by atoms with E-state index in [4.69, 9.17) is 4.74 Å². The van der Waals surface area contributed by atoms with Gasteiger partial charge in [-0.15, -0.1) is 0 Å². The highest BCUT2D eigenvalue weighted by Gasteiger charge is 2.10. The molecule has 0 unspecified atom stereocenters. The fourth-order valence-electron chi connectivity index (χ4n) is 4.19. The number of urea groups is 1. The molecule has 4 rings (SSSR count). The Morgan fingerprint density at radius 2 is 1.54 bits per heavy atom. The standard InChI is InChI=1S/C32H33N3O4/c1-22(2)39-30(36)19-14-24-10-12-25(13-11-24)21-35-20-6-8-28(31(35)37)26-15-17-27(18-16-26)33-32(38)34-29-9-5-4-7-23(29)3/h4-13,15-18,20,22H,14,19,21H2,1-3H3,(H2,33,34,38). The minimum atomic E-state index is -0.333. The molecule has 0 bridgehead atoms. The van der Waals surface area contributed by atoms with Crippen molar-refractivity contribution >= 4 is 23.4 Å². The zero-order chi connectivity index (χ0) is 27.8.